The fourth-order valence-electron chi connectivity index (χ4n) is 3.40. The Hall–Kier alpha value is -2.98. The molecule has 1 amide bonds. The zero-order valence-electron chi connectivity index (χ0n) is 13.8. The summed E-state index contributed by atoms with van der Waals surface area (Å²) in [5, 5.41) is 9.65. The molecule has 1 aliphatic rings. The van der Waals surface area contributed by atoms with Crippen LogP contribution in [0, 0.1) is 17.1 Å². The average Bonchev–Trinajstić information content (AvgIpc) is 3.11. The summed E-state index contributed by atoms with van der Waals surface area (Å²) in [6, 6.07) is 6.07. The molecule has 0 bridgehead atoms. The third-order valence-corrected chi connectivity index (χ3v) is 4.99. The largest absolute Gasteiger partial charge is 0.333 e. The molecule has 0 saturated carbocycles. The Balaban J connectivity index is 1.75. The summed E-state index contributed by atoms with van der Waals surface area (Å²) in [7, 11) is 0. The molecule has 1 aliphatic heterocycles. The summed E-state index contributed by atoms with van der Waals surface area (Å²) in [5.41, 5.74) is 2.39. The molecule has 1 atom stereocenters. The molecule has 8 heteroatoms. The molecule has 1 N–H and O–H groups in total. The first-order chi connectivity index (χ1) is 12.5. The van der Waals surface area contributed by atoms with Crippen molar-refractivity contribution in [1.29, 1.82) is 5.26 Å². The molecule has 0 aliphatic carbocycles. The Labute approximate surface area is 153 Å². The van der Waals surface area contributed by atoms with Gasteiger partial charge in [-0.2, -0.15) is 5.26 Å². The number of aromatic amines is 1. The molecule has 0 spiro atoms. The van der Waals surface area contributed by atoms with Gasteiger partial charge in [0.05, 0.1) is 28.2 Å². The van der Waals surface area contributed by atoms with Crippen LogP contribution in [0.5, 0.6) is 0 Å². The van der Waals surface area contributed by atoms with Crippen LogP contribution < -0.4 is 0 Å². The van der Waals surface area contributed by atoms with Gasteiger partial charge in [-0.3, -0.25) is 9.78 Å². The summed E-state index contributed by atoms with van der Waals surface area (Å²) >= 11 is 6.06. The molecule has 4 rings (SSSR count). The van der Waals surface area contributed by atoms with Crippen molar-refractivity contribution in [2.75, 3.05) is 6.54 Å². The van der Waals surface area contributed by atoms with Gasteiger partial charge in [0.15, 0.2) is 11.6 Å². The second-order valence-electron chi connectivity index (χ2n) is 6.09. The number of carbonyl (C=O) groups excluding carboxylic acids is 1. The van der Waals surface area contributed by atoms with Crippen molar-refractivity contribution in [3.8, 4) is 6.07 Å². The van der Waals surface area contributed by atoms with E-state index < -0.39 is 5.82 Å². The number of pyridine rings is 1. The number of nitrogens with zero attached hydrogens (tertiary/aromatic N) is 4. The van der Waals surface area contributed by atoms with Gasteiger partial charge < -0.3 is 9.88 Å². The number of fused-ring (bicyclic) bond motifs is 2. The summed E-state index contributed by atoms with van der Waals surface area (Å²) in [5.74, 6) is -0.903. The first kappa shape index (κ1) is 16.5. The second kappa shape index (κ2) is 6.07. The quantitative estimate of drug-likeness (QED) is 0.712. The van der Waals surface area contributed by atoms with Crippen LogP contribution in [-0.2, 0) is 6.42 Å². The van der Waals surface area contributed by atoms with E-state index in [0.29, 0.717) is 29.1 Å². The number of imidazole rings is 1. The smallest absolute Gasteiger partial charge is 0.290 e. The number of aromatic nitrogens is 3. The fourth-order valence-corrected chi connectivity index (χ4v) is 3.60. The van der Waals surface area contributed by atoms with Crippen LogP contribution in [0.1, 0.15) is 40.4 Å². The Morgan fingerprint density at radius 2 is 2.27 bits per heavy atom. The van der Waals surface area contributed by atoms with E-state index in [1.54, 1.807) is 17.2 Å². The van der Waals surface area contributed by atoms with Gasteiger partial charge in [0, 0.05) is 30.4 Å². The van der Waals surface area contributed by atoms with Crippen LogP contribution in [0.25, 0.3) is 11.0 Å². The lowest BCUT2D eigenvalue weighted by Crippen LogP contribution is -2.40. The minimum Gasteiger partial charge on any atom is -0.333 e. The summed E-state index contributed by atoms with van der Waals surface area (Å²) in [6.45, 7) is 2.27. The molecule has 6 nitrogen and oxygen atoms in total. The van der Waals surface area contributed by atoms with E-state index in [2.05, 4.69) is 21.0 Å². The molecule has 0 saturated heterocycles. The lowest BCUT2D eigenvalue weighted by Gasteiger charge is -2.34. The van der Waals surface area contributed by atoms with Crippen molar-refractivity contribution in [1.82, 2.24) is 19.9 Å². The van der Waals surface area contributed by atoms with Gasteiger partial charge in [0.25, 0.3) is 5.91 Å². The molecular weight excluding hydrogens is 357 g/mol. The predicted molar refractivity (Wildman–Crippen MR) is 93.2 cm³/mol. The third kappa shape index (κ3) is 2.42. The maximum absolute atomic E-state index is 13.9. The van der Waals surface area contributed by atoms with Crippen LogP contribution >= 0.6 is 11.6 Å². The minimum atomic E-state index is -0.548. The second-order valence-corrected chi connectivity index (χ2v) is 6.50. The first-order valence-corrected chi connectivity index (χ1v) is 8.41. The Morgan fingerprint density at radius 1 is 1.46 bits per heavy atom. The van der Waals surface area contributed by atoms with E-state index in [9.17, 15) is 14.4 Å². The van der Waals surface area contributed by atoms with Gasteiger partial charge in [-0.25, -0.2) is 9.37 Å². The topological polar surface area (TPSA) is 85.7 Å². The highest BCUT2D eigenvalue weighted by Crippen LogP contribution is 2.32. The average molecular weight is 370 g/mol. The van der Waals surface area contributed by atoms with E-state index in [1.165, 1.54) is 12.1 Å². The van der Waals surface area contributed by atoms with Crippen molar-refractivity contribution >= 4 is 28.5 Å². The number of nitriles is 1. The van der Waals surface area contributed by atoms with Gasteiger partial charge in [-0.05, 0) is 25.1 Å². The van der Waals surface area contributed by atoms with Gasteiger partial charge in [0.2, 0.25) is 0 Å². The number of hydrogen-bond donors (Lipinski definition) is 1. The van der Waals surface area contributed by atoms with E-state index in [1.807, 2.05) is 6.92 Å². The maximum atomic E-state index is 13.9. The standard InChI is InChI=1S/C18H13ClFN5O/c1-9-14-10(8-21)4-6-22-13(14)5-7-25(9)18(26)17-23-15-11(19)2-3-12(20)16(15)24-17/h2-4,6,9H,5,7H2,1H3,(H,23,24)/t9-/m0/s1. The number of halogens is 2. The fraction of sp³-hybridized carbons (Fsp3) is 0.222. The van der Waals surface area contributed by atoms with Crippen LogP contribution in [0.3, 0.4) is 0 Å². The Morgan fingerprint density at radius 3 is 3.00 bits per heavy atom. The van der Waals surface area contributed by atoms with E-state index in [4.69, 9.17) is 11.6 Å². The van der Waals surface area contributed by atoms with Gasteiger partial charge in [0.1, 0.15) is 5.52 Å². The number of H-pyrrole nitrogens is 1. The summed E-state index contributed by atoms with van der Waals surface area (Å²) in [4.78, 5) is 25.8. The molecule has 3 heterocycles. The van der Waals surface area contributed by atoms with Crippen molar-refractivity contribution in [3.63, 3.8) is 0 Å². The number of rotatable bonds is 1. The zero-order chi connectivity index (χ0) is 18.4. The van der Waals surface area contributed by atoms with E-state index in [-0.39, 0.29) is 23.3 Å². The highest BCUT2D eigenvalue weighted by Gasteiger charge is 2.32. The molecule has 0 unspecified atom stereocenters. The highest BCUT2D eigenvalue weighted by molar-refractivity contribution is 6.35. The minimum absolute atomic E-state index is 0.0182. The lowest BCUT2D eigenvalue weighted by molar-refractivity contribution is 0.0664. The van der Waals surface area contributed by atoms with Crippen LogP contribution in [0.4, 0.5) is 4.39 Å². The molecular formula is C18H13ClFN5O. The van der Waals surface area contributed by atoms with E-state index in [0.717, 1.165) is 11.3 Å². The van der Waals surface area contributed by atoms with E-state index >= 15 is 0 Å². The van der Waals surface area contributed by atoms with Gasteiger partial charge in [-0.1, -0.05) is 11.6 Å². The first-order valence-electron chi connectivity index (χ1n) is 8.04. The normalized spacial score (nSPS) is 16.4. The Kier molecular flexibility index (Phi) is 3.85. The number of carbonyl (C=O) groups is 1. The predicted octanol–water partition coefficient (Wildman–Crippen LogP) is 3.38. The lowest BCUT2D eigenvalue weighted by atomic mass is 9.94. The highest BCUT2D eigenvalue weighted by atomic mass is 35.5. The molecule has 2 aromatic heterocycles. The third-order valence-electron chi connectivity index (χ3n) is 4.68. The van der Waals surface area contributed by atoms with Crippen molar-refractivity contribution in [3.05, 3.63) is 57.9 Å². The number of benzene rings is 1. The Bertz CT molecular complexity index is 1050. The molecule has 1 aromatic carbocycles. The zero-order valence-corrected chi connectivity index (χ0v) is 14.5. The van der Waals surface area contributed by atoms with Crippen LogP contribution in [0.15, 0.2) is 24.4 Å². The van der Waals surface area contributed by atoms with Crippen molar-refractivity contribution in [2.45, 2.75) is 19.4 Å². The van der Waals surface area contributed by atoms with Crippen LogP contribution in [-0.4, -0.2) is 32.3 Å². The van der Waals surface area contributed by atoms with Gasteiger partial charge in [-0.15, -0.1) is 0 Å². The summed E-state index contributed by atoms with van der Waals surface area (Å²) < 4.78 is 13.9. The molecule has 26 heavy (non-hydrogen) atoms. The number of amides is 1. The van der Waals surface area contributed by atoms with Gasteiger partial charge >= 0.3 is 0 Å². The molecule has 3 aromatic rings. The SMILES string of the molecule is C[C@H]1c2c(C#N)ccnc2CCN1C(=O)c1nc2c(F)ccc(Cl)c2[nH]1. The molecule has 0 radical (unpaired) electrons. The summed E-state index contributed by atoms with van der Waals surface area (Å²) in [6.07, 6.45) is 2.14. The monoisotopic (exact) mass is 369 g/mol. The number of nitrogens with one attached hydrogen (secondary N) is 1. The van der Waals surface area contributed by atoms with Crippen LogP contribution in [0.2, 0.25) is 5.02 Å². The molecule has 130 valence electrons. The molecule has 0 fully saturated rings. The van der Waals surface area contributed by atoms with Crippen molar-refractivity contribution < 1.29 is 9.18 Å². The number of hydrogen-bond acceptors (Lipinski definition) is 4. The maximum Gasteiger partial charge on any atom is 0.290 e. The van der Waals surface area contributed by atoms with Crippen molar-refractivity contribution in [2.24, 2.45) is 0 Å².